The molecule has 17 heteroatoms. The molecule has 1 aliphatic rings. The van der Waals surface area contributed by atoms with E-state index in [-0.39, 0.29) is 5.75 Å². The molecule has 1 aliphatic heterocycles. The lowest BCUT2D eigenvalue weighted by molar-refractivity contribution is -0.127. The van der Waals surface area contributed by atoms with Gasteiger partial charge in [0, 0.05) is 47.1 Å². The van der Waals surface area contributed by atoms with E-state index in [2.05, 4.69) is 4.18 Å². The van der Waals surface area contributed by atoms with Crippen molar-refractivity contribution in [3.8, 4) is 11.5 Å². The first-order valence-electron chi connectivity index (χ1n) is 12.0. The molecule has 0 bridgehead atoms. The fourth-order valence-electron chi connectivity index (χ4n) is 3.40. The normalized spacial score (nSPS) is 16.2. The van der Waals surface area contributed by atoms with Gasteiger partial charge in [-0.3, -0.25) is 0 Å². The fraction of sp³-hybridized carbons (Fsp3) is 0.652. The van der Waals surface area contributed by atoms with Gasteiger partial charge in [0.15, 0.2) is 5.75 Å². The van der Waals surface area contributed by atoms with Gasteiger partial charge in [-0.1, -0.05) is 19.6 Å². The van der Waals surface area contributed by atoms with Gasteiger partial charge in [-0.25, -0.2) is 22.3 Å². The maximum absolute atomic E-state index is 13.3. The van der Waals surface area contributed by atoms with Crippen LogP contribution in [-0.2, 0) is 36.2 Å². The standard InChI is InChI=1S/C23H34F3NO10S2Si/c1-21(2,3)35-19(28)18-14(13-27(6)38(30,31)10-11-40(7,8)9)17-15(34-22(4,5)36-20(17)29)12-16(18)37-39(32,33)23(24,25)26/h12H,10-11,13H2,1-9H3. The van der Waals surface area contributed by atoms with E-state index < -0.39 is 91.8 Å². The number of hydrogen-bond acceptors (Lipinski definition) is 10. The average Bonchev–Trinajstić information content (AvgIpc) is 2.67. The number of ether oxygens (including phenoxy) is 3. The third-order valence-electron chi connectivity index (χ3n) is 5.31. The van der Waals surface area contributed by atoms with E-state index in [0.29, 0.717) is 12.1 Å². The SMILES string of the molecule is CN(Cc1c2c(cc(OS(=O)(=O)C(F)(F)F)c1C(=O)OC(C)(C)C)OC(C)(C)OC2=O)S(=O)(=O)CC[Si](C)(C)C. The van der Waals surface area contributed by atoms with Crippen LogP contribution in [-0.4, -0.2) is 70.9 Å². The maximum Gasteiger partial charge on any atom is 0.534 e. The summed E-state index contributed by atoms with van der Waals surface area (Å²) in [7, 11) is -11.0. The number of rotatable bonds is 9. The molecule has 0 radical (unpaired) electrons. The molecule has 0 saturated carbocycles. The molecular weight excluding hydrogens is 599 g/mol. The number of fused-ring (bicyclic) bond motifs is 1. The zero-order valence-corrected chi connectivity index (χ0v) is 26.3. The van der Waals surface area contributed by atoms with Crippen molar-refractivity contribution in [2.75, 3.05) is 12.8 Å². The molecule has 2 rings (SSSR count). The number of alkyl halides is 3. The third-order valence-corrected chi connectivity index (χ3v) is 10.2. The van der Waals surface area contributed by atoms with Gasteiger partial charge in [0.05, 0.1) is 5.75 Å². The molecule has 0 aliphatic carbocycles. The molecule has 11 nitrogen and oxygen atoms in total. The summed E-state index contributed by atoms with van der Waals surface area (Å²) >= 11 is 0. The highest BCUT2D eigenvalue weighted by Crippen LogP contribution is 2.42. The van der Waals surface area contributed by atoms with Gasteiger partial charge in [-0.2, -0.15) is 21.6 Å². The van der Waals surface area contributed by atoms with Gasteiger partial charge in [0.25, 0.3) is 0 Å². The minimum atomic E-state index is -6.32. The molecule has 40 heavy (non-hydrogen) atoms. The number of sulfonamides is 1. The Morgan fingerprint density at radius 1 is 1.07 bits per heavy atom. The predicted octanol–water partition coefficient (Wildman–Crippen LogP) is 4.26. The number of carbonyl (C=O) groups excluding carboxylic acids is 2. The average molecular weight is 634 g/mol. The fourth-order valence-corrected chi connectivity index (χ4v) is 7.99. The summed E-state index contributed by atoms with van der Waals surface area (Å²) in [6, 6.07) is 0.992. The molecule has 0 aromatic heterocycles. The van der Waals surface area contributed by atoms with Crippen molar-refractivity contribution in [3.63, 3.8) is 0 Å². The minimum Gasteiger partial charge on any atom is -0.456 e. The Labute approximate surface area is 233 Å². The second kappa shape index (κ2) is 10.8. The predicted molar refractivity (Wildman–Crippen MR) is 141 cm³/mol. The summed E-state index contributed by atoms with van der Waals surface area (Å²) in [5.41, 5.74) is -9.04. The van der Waals surface area contributed by atoms with Crippen LogP contribution in [0.15, 0.2) is 6.07 Å². The van der Waals surface area contributed by atoms with Crippen LogP contribution in [0.25, 0.3) is 0 Å². The van der Waals surface area contributed by atoms with E-state index in [9.17, 15) is 39.6 Å². The Morgan fingerprint density at radius 2 is 1.62 bits per heavy atom. The zero-order valence-electron chi connectivity index (χ0n) is 23.7. The van der Waals surface area contributed by atoms with E-state index in [1.54, 1.807) is 0 Å². The first-order chi connectivity index (χ1) is 17.7. The van der Waals surface area contributed by atoms with Crippen LogP contribution in [0.1, 0.15) is 60.9 Å². The van der Waals surface area contributed by atoms with Crippen molar-refractivity contribution in [1.82, 2.24) is 4.31 Å². The molecule has 0 fully saturated rings. The van der Waals surface area contributed by atoms with Crippen LogP contribution >= 0.6 is 0 Å². The van der Waals surface area contributed by atoms with Crippen molar-refractivity contribution in [2.45, 2.75) is 83.7 Å². The highest BCUT2D eigenvalue weighted by molar-refractivity contribution is 7.89. The van der Waals surface area contributed by atoms with Crippen molar-refractivity contribution >= 4 is 40.2 Å². The third kappa shape index (κ3) is 8.33. The quantitative estimate of drug-likeness (QED) is 0.168. The van der Waals surface area contributed by atoms with Crippen LogP contribution in [0.4, 0.5) is 13.2 Å². The molecule has 0 spiro atoms. The van der Waals surface area contributed by atoms with Gasteiger partial charge in [-0.05, 0) is 26.8 Å². The van der Waals surface area contributed by atoms with Crippen molar-refractivity contribution < 1.29 is 58.0 Å². The monoisotopic (exact) mass is 633 g/mol. The topological polar surface area (TPSA) is 143 Å². The van der Waals surface area contributed by atoms with Crippen molar-refractivity contribution in [3.05, 3.63) is 22.8 Å². The number of cyclic esters (lactones) is 1. The molecule has 0 saturated heterocycles. The molecular formula is C23H34F3NO10S2Si. The summed E-state index contributed by atoms with van der Waals surface area (Å²) in [4.78, 5) is 26.4. The largest absolute Gasteiger partial charge is 0.534 e. The number of carbonyl (C=O) groups is 2. The van der Waals surface area contributed by atoms with E-state index in [1.165, 1.54) is 34.6 Å². The number of halogens is 3. The van der Waals surface area contributed by atoms with Crippen LogP contribution in [0.3, 0.4) is 0 Å². The molecule has 1 heterocycles. The first kappa shape index (κ1) is 33.8. The van der Waals surface area contributed by atoms with Crippen LogP contribution in [0.2, 0.25) is 25.7 Å². The molecule has 0 N–H and O–H groups in total. The Bertz CT molecular complexity index is 1390. The van der Waals surface area contributed by atoms with Crippen LogP contribution in [0, 0.1) is 0 Å². The molecule has 1 aromatic carbocycles. The number of esters is 2. The molecule has 0 atom stereocenters. The van der Waals surface area contributed by atoms with E-state index in [0.717, 1.165) is 11.4 Å². The van der Waals surface area contributed by atoms with Crippen molar-refractivity contribution in [1.29, 1.82) is 0 Å². The Hall–Kier alpha value is -2.37. The van der Waals surface area contributed by atoms with Crippen LogP contribution in [0.5, 0.6) is 11.5 Å². The summed E-state index contributed by atoms with van der Waals surface area (Å²) < 4.78 is 111. The highest BCUT2D eigenvalue weighted by atomic mass is 32.2. The molecule has 0 unspecified atom stereocenters. The molecule has 1 aromatic rings. The van der Waals surface area contributed by atoms with Gasteiger partial charge in [-0.15, -0.1) is 0 Å². The lowest BCUT2D eigenvalue weighted by atomic mass is 9.97. The second-order valence-corrected chi connectivity index (χ2v) is 21.2. The highest BCUT2D eigenvalue weighted by Gasteiger charge is 2.50. The molecule has 0 amide bonds. The summed E-state index contributed by atoms with van der Waals surface area (Å²) in [6.45, 7) is 12.0. The van der Waals surface area contributed by atoms with Gasteiger partial charge >= 0.3 is 27.6 Å². The molecule has 228 valence electrons. The lowest BCUT2D eigenvalue weighted by Gasteiger charge is -2.34. The van der Waals surface area contributed by atoms with E-state index in [4.69, 9.17) is 14.2 Å². The second-order valence-electron chi connectivity index (χ2n) is 11.9. The number of nitrogens with zero attached hydrogens (tertiary/aromatic N) is 1. The van der Waals surface area contributed by atoms with Crippen LogP contribution < -0.4 is 8.92 Å². The number of benzene rings is 1. The van der Waals surface area contributed by atoms with E-state index in [1.807, 2.05) is 19.6 Å². The Kier molecular flexibility index (Phi) is 9.13. The Balaban J connectivity index is 2.89. The van der Waals surface area contributed by atoms with Gasteiger partial charge in [0.2, 0.25) is 15.8 Å². The summed E-state index contributed by atoms with van der Waals surface area (Å²) in [6.07, 6.45) is 0. The first-order valence-corrected chi connectivity index (χ1v) is 18.7. The smallest absolute Gasteiger partial charge is 0.456 e. The van der Waals surface area contributed by atoms with Gasteiger partial charge < -0.3 is 18.4 Å². The van der Waals surface area contributed by atoms with Crippen molar-refractivity contribution in [2.24, 2.45) is 0 Å². The van der Waals surface area contributed by atoms with Gasteiger partial charge in [0.1, 0.15) is 22.5 Å². The maximum atomic E-state index is 13.3. The van der Waals surface area contributed by atoms with E-state index >= 15 is 0 Å². The Morgan fingerprint density at radius 3 is 2.10 bits per heavy atom. The number of hydrogen-bond donors (Lipinski definition) is 0. The lowest BCUT2D eigenvalue weighted by Crippen LogP contribution is -2.41. The summed E-state index contributed by atoms with van der Waals surface area (Å²) in [5, 5.41) is 0. The zero-order chi connectivity index (χ0) is 31.3. The minimum absolute atomic E-state index is 0.282. The summed E-state index contributed by atoms with van der Waals surface area (Å²) in [5.74, 6) is -6.05.